The molecule has 4 heteroatoms. The number of esters is 1. The zero-order chi connectivity index (χ0) is 13.7. The number of nitrogens with two attached hydrogens (primary N) is 1. The molecule has 2 N–H and O–H groups in total. The van der Waals surface area contributed by atoms with E-state index >= 15 is 0 Å². The fraction of sp³-hybridized carbons (Fsp3) is 0.200. The molecular formula is C15H16N2O2. The lowest BCUT2D eigenvalue weighted by molar-refractivity contribution is -0.142. The minimum absolute atomic E-state index is 0.400. The number of benzene rings is 1. The molecule has 1 atom stereocenters. The quantitative estimate of drug-likeness (QED) is 0.847. The predicted molar refractivity (Wildman–Crippen MR) is 73.4 cm³/mol. The van der Waals surface area contributed by atoms with Gasteiger partial charge < -0.3 is 10.5 Å². The Morgan fingerprint density at radius 3 is 2.84 bits per heavy atom. The molecule has 98 valence electrons. The Morgan fingerprint density at radius 1 is 1.32 bits per heavy atom. The van der Waals surface area contributed by atoms with Crippen molar-refractivity contribution in [3.05, 3.63) is 54.2 Å². The van der Waals surface area contributed by atoms with Gasteiger partial charge in [0.25, 0.3) is 0 Å². The summed E-state index contributed by atoms with van der Waals surface area (Å²) in [6, 6.07) is 13.0. The predicted octanol–water partition coefficient (Wildman–Crippen LogP) is 1.79. The number of methoxy groups -OCH3 is 1. The van der Waals surface area contributed by atoms with Gasteiger partial charge in [-0.2, -0.15) is 0 Å². The summed E-state index contributed by atoms with van der Waals surface area (Å²) in [5.74, 6) is -0.400. The molecule has 0 fully saturated rings. The Labute approximate surface area is 112 Å². The summed E-state index contributed by atoms with van der Waals surface area (Å²) in [7, 11) is 1.34. The maximum absolute atomic E-state index is 11.3. The minimum atomic E-state index is -0.635. The SMILES string of the molecule is COC(=O)C(N)Cc1cccc(-c2ccccn2)c1. The molecule has 19 heavy (non-hydrogen) atoms. The van der Waals surface area contributed by atoms with Crippen molar-refractivity contribution in [3.63, 3.8) is 0 Å². The summed E-state index contributed by atoms with van der Waals surface area (Å²) >= 11 is 0. The molecule has 4 nitrogen and oxygen atoms in total. The monoisotopic (exact) mass is 256 g/mol. The lowest BCUT2D eigenvalue weighted by Gasteiger charge is -2.10. The van der Waals surface area contributed by atoms with E-state index in [4.69, 9.17) is 5.73 Å². The van der Waals surface area contributed by atoms with Crippen LogP contribution in [-0.2, 0) is 16.0 Å². The number of rotatable bonds is 4. The number of carbonyl (C=O) groups excluding carboxylic acids is 1. The number of hydrogen-bond donors (Lipinski definition) is 1. The van der Waals surface area contributed by atoms with E-state index in [-0.39, 0.29) is 0 Å². The van der Waals surface area contributed by atoms with Gasteiger partial charge in [-0.25, -0.2) is 0 Å². The third-order valence-electron chi connectivity index (χ3n) is 2.85. The molecule has 0 radical (unpaired) electrons. The zero-order valence-corrected chi connectivity index (χ0v) is 10.7. The maximum atomic E-state index is 11.3. The number of pyridine rings is 1. The molecule has 2 rings (SSSR count). The first-order chi connectivity index (χ1) is 9.20. The van der Waals surface area contributed by atoms with E-state index in [2.05, 4.69) is 9.72 Å². The summed E-state index contributed by atoms with van der Waals surface area (Å²) in [5.41, 5.74) is 8.65. The van der Waals surface area contributed by atoms with Crippen molar-refractivity contribution in [2.24, 2.45) is 5.73 Å². The number of aromatic nitrogens is 1. The maximum Gasteiger partial charge on any atom is 0.322 e. The number of nitrogens with zero attached hydrogens (tertiary/aromatic N) is 1. The van der Waals surface area contributed by atoms with Crippen molar-refractivity contribution >= 4 is 5.97 Å². The first-order valence-electron chi connectivity index (χ1n) is 6.04. The van der Waals surface area contributed by atoms with Crippen LogP contribution in [-0.4, -0.2) is 24.1 Å². The van der Waals surface area contributed by atoms with Crippen molar-refractivity contribution in [1.29, 1.82) is 0 Å². The topological polar surface area (TPSA) is 65.2 Å². The van der Waals surface area contributed by atoms with Crippen LogP contribution in [0, 0.1) is 0 Å². The first-order valence-corrected chi connectivity index (χ1v) is 6.04. The van der Waals surface area contributed by atoms with Gasteiger partial charge in [-0.1, -0.05) is 24.3 Å². The highest BCUT2D eigenvalue weighted by atomic mass is 16.5. The number of ether oxygens (including phenoxy) is 1. The average Bonchev–Trinajstić information content (AvgIpc) is 2.47. The molecule has 0 bridgehead atoms. The highest BCUT2D eigenvalue weighted by Gasteiger charge is 2.14. The normalized spacial score (nSPS) is 11.9. The van der Waals surface area contributed by atoms with E-state index in [0.29, 0.717) is 6.42 Å². The van der Waals surface area contributed by atoms with E-state index in [0.717, 1.165) is 16.8 Å². The highest BCUT2D eigenvalue weighted by molar-refractivity contribution is 5.75. The molecule has 1 aromatic heterocycles. The van der Waals surface area contributed by atoms with Crippen molar-refractivity contribution in [2.75, 3.05) is 7.11 Å². The lowest BCUT2D eigenvalue weighted by Crippen LogP contribution is -2.33. The van der Waals surface area contributed by atoms with Crippen molar-refractivity contribution in [1.82, 2.24) is 4.98 Å². The Kier molecular flexibility index (Phi) is 4.26. The molecule has 1 unspecified atom stereocenters. The second-order valence-electron chi connectivity index (χ2n) is 4.25. The van der Waals surface area contributed by atoms with Crippen molar-refractivity contribution in [3.8, 4) is 11.3 Å². The molecule has 0 saturated heterocycles. The smallest absolute Gasteiger partial charge is 0.322 e. The van der Waals surface area contributed by atoms with Gasteiger partial charge in [0.05, 0.1) is 12.8 Å². The molecule has 1 heterocycles. The van der Waals surface area contributed by atoms with Gasteiger partial charge in [-0.05, 0) is 30.2 Å². The van der Waals surface area contributed by atoms with Gasteiger partial charge >= 0.3 is 5.97 Å². The van der Waals surface area contributed by atoms with E-state index in [9.17, 15) is 4.79 Å². The summed E-state index contributed by atoms with van der Waals surface area (Å²) in [4.78, 5) is 15.6. The van der Waals surface area contributed by atoms with E-state index in [1.54, 1.807) is 6.20 Å². The van der Waals surface area contributed by atoms with E-state index < -0.39 is 12.0 Å². The van der Waals surface area contributed by atoms with Crippen molar-refractivity contribution < 1.29 is 9.53 Å². The van der Waals surface area contributed by atoms with Gasteiger partial charge in [0, 0.05) is 11.8 Å². The Morgan fingerprint density at radius 2 is 2.16 bits per heavy atom. The fourth-order valence-electron chi connectivity index (χ4n) is 1.88. The van der Waals surface area contributed by atoms with Crippen LogP contribution in [0.3, 0.4) is 0 Å². The van der Waals surface area contributed by atoms with Crippen molar-refractivity contribution in [2.45, 2.75) is 12.5 Å². The van der Waals surface area contributed by atoms with Crippen LogP contribution in [0.5, 0.6) is 0 Å². The van der Waals surface area contributed by atoms with Crippen LogP contribution < -0.4 is 5.73 Å². The molecule has 0 amide bonds. The third-order valence-corrected chi connectivity index (χ3v) is 2.85. The van der Waals surface area contributed by atoms with E-state index in [1.807, 2.05) is 42.5 Å². The summed E-state index contributed by atoms with van der Waals surface area (Å²) in [6.45, 7) is 0. The van der Waals surface area contributed by atoms with Gasteiger partial charge in [0.1, 0.15) is 6.04 Å². The third kappa shape index (κ3) is 3.39. The van der Waals surface area contributed by atoms with Gasteiger partial charge in [0.15, 0.2) is 0 Å². The average molecular weight is 256 g/mol. The van der Waals surface area contributed by atoms with Crippen LogP contribution >= 0.6 is 0 Å². The molecule has 0 saturated carbocycles. The number of hydrogen-bond acceptors (Lipinski definition) is 4. The van der Waals surface area contributed by atoms with Crippen LogP contribution in [0.1, 0.15) is 5.56 Å². The molecule has 0 spiro atoms. The first kappa shape index (κ1) is 13.2. The van der Waals surface area contributed by atoms with Crippen LogP contribution in [0.4, 0.5) is 0 Å². The van der Waals surface area contributed by atoms with Crippen LogP contribution in [0.25, 0.3) is 11.3 Å². The van der Waals surface area contributed by atoms with Gasteiger partial charge in [-0.3, -0.25) is 9.78 Å². The van der Waals surface area contributed by atoms with Gasteiger partial charge in [-0.15, -0.1) is 0 Å². The standard InChI is InChI=1S/C15H16N2O2/c1-19-15(18)13(16)10-11-5-4-6-12(9-11)14-7-2-3-8-17-14/h2-9,13H,10,16H2,1H3. The highest BCUT2D eigenvalue weighted by Crippen LogP contribution is 2.18. The minimum Gasteiger partial charge on any atom is -0.468 e. The molecular weight excluding hydrogens is 240 g/mol. The molecule has 1 aromatic carbocycles. The molecule has 2 aromatic rings. The van der Waals surface area contributed by atoms with Gasteiger partial charge in [0.2, 0.25) is 0 Å². The van der Waals surface area contributed by atoms with Crippen LogP contribution in [0.2, 0.25) is 0 Å². The summed E-state index contributed by atoms with van der Waals surface area (Å²) in [6.07, 6.45) is 2.20. The molecule has 0 aliphatic heterocycles. The zero-order valence-electron chi connectivity index (χ0n) is 10.7. The Hall–Kier alpha value is -2.20. The Bertz CT molecular complexity index is 555. The largest absolute Gasteiger partial charge is 0.468 e. The second kappa shape index (κ2) is 6.11. The van der Waals surface area contributed by atoms with E-state index in [1.165, 1.54) is 7.11 Å². The fourth-order valence-corrected chi connectivity index (χ4v) is 1.88. The van der Waals surface area contributed by atoms with Crippen LogP contribution in [0.15, 0.2) is 48.7 Å². The Balaban J connectivity index is 2.18. The lowest BCUT2D eigenvalue weighted by atomic mass is 10.0. The molecule has 0 aliphatic rings. The summed E-state index contributed by atoms with van der Waals surface area (Å²) < 4.78 is 4.62. The second-order valence-corrected chi connectivity index (χ2v) is 4.25. The molecule has 0 aliphatic carbocycles. The number of carbonyl (C=O) groups is 1. The summed E-state index contributed by atoms with van der Waals surface area (Å²) in [5, 5.41) is 0.